The van der Waals surface area contributed by atoms with E-state index in [-0.39, 0.29) is 18.6 Å². The topological polar surface area (TPSA) is 81.4 Å². The van der Waals surface area contributed by atoms with Crippen molar-refractivity contribution in [2.75, 3.05) is 6.61 Å². The molecule has 0 radical (unpaired) electrons. The Morgan fingerprint density at radius 2 is 1.71 bits per heavy atom. The third-order valence-corrected chi connectivity index (χ3v) is 7.05. The number of primary amides is 1. The summed E-state index contributed by atoms with van der Waals surface area (Å²) in [6.07, 6.45) is 11.5. The van der Waals surface area contributed by atoms with E-state index in [1.54, 1.807) is 24.3 Å². The minimum absolute atomic E-state index is 0.0303. The SMILES string of the molecule is CC(NC(=O)C=Cc1ccc(OCC(N)=O)cc1)C12CC3CC(CC(C3)C1)C2. The normalized spacial score (nSPS) is 31.7. The lowest BCUT2D eigenvalue weighted by Crippen LogP contribution is -2.55. The molecular formula is C23H30N2O3. The molecule has 4 bridgehead atoms. The lowest BCUT2D eigenvalue weighted by molar-refractivity contribution is -0.121. The summed E-state index contributed by atoms with van der Waals surface area (Å²) in [7, 11) is 0. The molecule has 2 amide bonds. The molecule has 1 aromatic carbocycles. The highest BCUT2D eigenvalue weighted by molar-refractivity contribution is 5.92. The third kappa shape index (κ3) is 4.08. The number of nitrogens with two attached hydrogens (primary N) is 1. The van der Waals surface area contributed by atoms with Crippen LogP contribution in [-0.4, -0.2) is 24.5 Å². The van der Waals surface area contributed by atoms with Gasteiger partial charge >= 0.3 is 0 Å². The predicted octanol–water partition coefficient (Wildman–Crippen LogP) is 3.29. The van der Waals surface area contributed by atoms with Gasteiger partial charge in [0.05, 0.1) is 0 Å². The van der Waals surface area contributed by atoms with Gasteiger partial charge in [0.25, 0.3) is 5.91 Å². The standard InChI is InChI=1S/C23H30N2O3/c1-15(23-11-17-8-18(12-23)10-19(9-17)13-23)25-22(27)7-4-16-2-5-20(6-3-16)28-14-21(24)26/h2-7,15,17-19H,8-14H2,1H3,(H2,24,26)(H,25,27). The van der Waals surface area contributed by atoms with Crippen molar-refractivity contribution in [3.63, 3.8) is 0 Å². The molecule has 5 heteroatoms. The van der Waals surface area contributed by atoms with Gasteiger partial charge in [0.2, 0.25) is 5.91 Å². The fourth-order valence-electron chi connectivity index (χ4n) is 6.12. The summed E-state index contributed by atoms with van der Waals surface area (Å²) in [4.78, 5) is 23.2. The molecule has 5 rings (SSSR count). The van der Waals surface area contributed by atoms with Crippen LogP contribution in [0.3, 0.4) is 0 Å². The maximum absolute atomic E-state index is 12.5. The lowest BCUT2D eigenvalue weighted by atomic mass is 9.48. The van der Waals surface area contributed by atoms with Crippen LogP contribution >= 0.6 is 0 Å². The van der Waals surface area contributed by atoms with Crippen molar-refractivity contribution in [3.05, 3.63) is 35.9 Å². The molecule has 4 aliphatic rings. The van der Waals surface area contributed by atoms with Crippen molar-refractivity contribution in [1.29, 1.82) is 0 Å². The molecule has 0 heterocycles. The van der Waals surface area contributed by atoms with Crippen molar-refractivity contribution in [2.24, 2.45) is 28.9 Å². The van der Waals surface area contributed by atoms with E-state index in [0.717, 1.165) is 23.3 Å². The molecular weight excluding hydrogens is 352 g/mol. The summed E-state index contributed by atoms with van der Waals surface area (Å²) in [6, 6.07) is 7.45. The molecule has 28 heavy (non-hydrogen) atoms. The monoisotopic (exact) mass is 382 g/mol. The molecule has 5 nitrogen and oxygen atoms in total. The Labute approximate surface area is 166 Å². The maximum Gasteiger partial charge on any atom is 0.255 e. The minimum atomic E-state index is -0.506. The number of hydrogen-bond acceptors (Lipinski definition) is 3. The van der Waals surface area contributed by atoms with E-state index in [1.165, 1.54) is 38.5 Å². The zero-order valence-corrected chi connectivity index (χ0v) is 16.5. The minimum Gasteiger partial charge on any atom is -0.484 e. The summed E-state index contributed by atoms with van der Waals surface area (Å²) in [6.45, 7) is 2.06. The molecule has 0 saturated heterocycles. The van der Waals surface area contributed by atoms with Gasteiger partial charge in [-0.2, -0.15) is 0 Å². The van der Waals surface area contributed by atoms with Crippen LogP contribution in [0.5, 0.6) is 5.75 Å². The summed E-state index contributed by atoms with van der Waals surface area (Å²) >= 11 is 0. The Morgan fingerprint density at radius 3 is 2.25 bits per heavy atom. The van der Waals surface area contributed by atoms with Crippen molar-refractivity contribution in [1.82, 2.24) is 5.32 Å². The molecule has 150 valence electrons. The van der Waals surface area contributed by atoms with Gasteiger partial charge in [-0.1, -0.05) is 12.1 Å². The number of ether oxygens (including phenoxy) is 1. The van der Waals surface area contributed by atoms with Crippen LogP contribution in [0.1, 0.15) is 51.0 Å². The first-order valence-corrected chi connectivity index (χ1v) is 10.4. The van der Waals surface area contributed by atoms with Gasteiger partial charge in [0.15, 0.2) is 6.61 Å². The third-order valence-electron chi connectivity index (χ3n) is 7.05. The molecule has 3 N–H and O–H groups in total. The Hall–Kier alpha value is -2.30. The molecule has 0 aromatic heterocycles. The Balaban J connectivity index is 1.32. The van der Waals surface area contributed by atoms with E-state index in [2.05, 4.69) is 12.2 Å². The van der Waals surface area contributed by atoms with Crippen molar-refractivity contribution in [3.8, 4) is 5.75 Å². The van der Waals surface area contributed by atoms with Crippen LogP contribution in [-0.2, 0) is 9.59 Å². The first-order chi connectivity index (χ1) is 13.4. The van der Waals surface area contributed by atoms with Crippen molar-refractivity contribution in [2.45, 2.75) is 51.5 Å². The van der Waals surface area contributed by atoms with E-state index in [9.17, 15) is 9.59 Å². The van der Waals surface area contributed by atoms with E-state index in [4.69, 9.17) is 10.5 Å². The second kappa shape index (κ2) is 7.61. The van der Waals surface area contributed by atoms with Crippen LogP contribution in [0.4, 0.5) is 0 Å². The van der Waals surface area contributed by atoms with Gasteiger partial charge in [-0.3, -0.25) is 9.59 Å². The Morgan fingerprint density at radius 1 is 1.14 bits per heavy atom. The van der Waals surface area contributed by atoms with Crippen LogP contribution in [0.25, 0.3) is 6.08 Å². The van der Waals surface area contributed by atoms with E-state index >= 15 is 0 Å². The smallest absolute Gasteiger partial charge is 0.255 e. The fourth-order valence-corrected chi connectivity index (χ4v) is 6.12. The number of carbonyl (C=O) groups excluding carboxylic acids is 2. The maximum atomic E-state index is 12.5. The van der Waals surface area contributed by atoms with Crippen LogP contribution in [0, 0.1) is 23.2 Å². The predicted molar refractivity (Wildman–Crippen MR) is 108 cm³/mol. The molecule has 0 spiro atoms. The number of carbonyl (C=O) groups is 2. The zero-order valence-electron chi connectivity index (χ0n) is 16.5. The molecule has 1 unspecified atom stereocenters. The first kappa shape index (κ1) is 19.0. The Bertz CT molecular complexity index is 733. The van der Waals surface area contributed by atoms with Gasteiger partial charge < -0.3 is 15.8 Å². The van der Waals surface area contributed by atoms with Gasteiger partial charge in [0.1, 0.15) is 5.75 Å². The average molecular weight is 383 g/mol. The van der Waals surface area contributed by atoms with Gasteiger partial charge in [-0.15, -0.1) is 0 Å². The zero-order chi connectivity index (χ0) is 19.7. The molecule has 4 saturated carbocycles. The van der Waals surface area contributed by atoms with Gasteiger partial charge in [-0.05, 0) is 92.4 Å². The molecule has 4 aliphatic carbocycles. The Kier molecular flexibility index (Phi) is 5.17. The molecule has 1 atom stereocenters. The van der Waals surface area contributed by atoms with Crippen LogP contribution in [0.15, 0.2) is 30.3 Å². The molecule has 1 aromatic rings. The summed E-state index contributed by atoms with van der Waals surface area (Å²) in [5.74, 6) is 2.70. The highest BCUT2D eigenvalue weighted by atomic mass is 16.5. The summed E-state index contributed by atoms with van der Waals surface area (Å²) in [5, 5.41) is 3.25. The average Bonchev–Trinajstić information content (AvgIpc) is 2.64. The van der Waals surface area contributed by atoms with E-state index in [1.807, 2.05) is 12.1 Å². The lowest BCUT2D eigenvalue weighted by Gasteiger charge is -2.59. The first-order valence-electron chi connectivity index (χ1n) is 10.4. The quantitative estimate of drug-likeness (QED) is 0.710. The number of benzene rings is 1. The number of nitrogens with one attached hydrogen (secondary N) is 1. The van der Waals surface area contributed by atoms with Crippen LogP contribution in [0.2, 0.25) is 0 Å². The highest BCUT2D eigenvalue weighted by Gasteiger charge is 2.53. The number of amides is 2. The van der Waals surface area contributed by atoms with E-state index < -0.39 is 5.91 Å². The second-order valence-corrected chi connectivity index (χ2v) is 9.17. The van der Waals surface area contributed by atoms with Crippen molar-refractivity contribution < 1.29 is 14.3 Å². The number of rotatable bonds is 7. The van der Waals surface area contributed by atoms with Gasteiger partial charge in [-0.25, -0.2) is 0 Å². The number of hydrogen-bond donors (Lipinski definition) is 2. The van der Waals surface area contributed by atoms with Gasteiger partial charge in [0, 0.05) is 12.1 Å². The molecule has 0 aliphatic heterocycles. The fraction of sp³-hybridized carbons (Fsp3) is 0.565. The largest absolute Gasteiger partial charge is 0.484 e. The summed E-state index contributed by atoms with van der Waals surface area (Å²) < 4.78 is 5.24. The summed E-state index contributed by atoms with van der Waals surface area (Å²) in [5.41, 5.74) is 6.29. The highest BCUT2D eigenvalue weighted by Crippen LogP contribution is 2.61. The molecule has 4 fully saturated rings. The van der Waals surface area contributed by atoms with E-state index in [0.29, 0.717) is 11.2 Å². The second-order valence-electron chi connectivity index (χ2n) is 9.17. The van der Waals surface area contributed by atoms with Crippen molar-refractivity contribution >= 4 is 17.9 Å². The van der Waals surface area contributed by atoms with Crippen LogP contribution < -0.4 is 15.8 Å².